The molecule has 0 spiro atoms. The molecule has 1 N–H and O–H groups in total. The predicted molar refractivity (Wildman–Crippen MR) is 92.6 cm³/mol. The van der Waals surface area contributed by atoms with E-state index in [4.69, 9.17) is 4.74 Å². The molecule has 2 aromatic carbocycles. The van der Waals surface area contributed by atoms with Crippen molar-refractivity contribution >= 4 is 11.9 Å². The number of phenolic OH excluding ortho intramolecular Hbond substituents is 1. The smallest absolute Gasteiger partial charge is 0.189 e. The molecule has 0 unspecified atom stereocenters. The number of ether oxygens (including phenoxy) is 1. The van der Waals surface area contributed by atoms with Crippen LogP contribution in [0.2, 0.25) is 0 Å². The summed E-state index contributed by atoms with van der Waals surface area (Å²) < 4.78 is 5.38. The molecule has 0 radical (unpaired) electrons. The molecule has 0 aliphatic carbocycles. The number of hydrogen-bond acceptors (Lipinski definition) is 3. The van der Waals surface area contributed by atoms with Crippen molar-refractivity contribution < 1.29 is 14.6 Å². The van der Waals surface area contributed by atoms with Crippen LogP contribution in [0.1, 0.15) is 35.7 Å². The minimum atomic E-state index is -0.251. The minimum Gasteiger partial charge on any atom is -0.507 e. The maximum atomic E-state index is 12.1. The predicted octanol–water partition coefficient (Wildman–Crippen LogP) is 4.98. The third kappa shape index (κ3) is 5.15. The molecule has 0 saturated carbocycles. The van der Waals surface area contributed by atoms with Crippen molar-refractivity contribution in [2.24, 2.45) is 0 Å². The summed E-state index contributed by atoms with van der Waals surface area (Å²) in [5, 5.41) is 10.0. The van der Waals surface area contributed by atoms with Crippen LogP contribution in [0.25, 0.3) is 6.08 Å². The molecule has 0 bridgehead atoms. The molecule has 0 heterocycles. The zero-order valence-corrected chi connectivity index (χ0v) is 13.1. The Balaban J connectivity index is 2.05. The number of allylic oxidation sites excluding steroid dienone is 2. The summed E-state index contributed by atoms with van der Waals surface area (Å²) in [6, 6.07) is 14.2. The fourth-order valence-electron chi connectivity index (χ4n) is 1.98. The lowest BCUT2D eigenvalue weighted by molar-refractivity contribution is 0.104. The van der Waals surface area contributed by atoms with Gasteiger partial charge in [-0.3, -0.25) is 4.79 Å². The van der Waals surface area contributed by atoms with Crippen molar-refractivity contribution in [2.45, 2.75) is 19.8 Å². The topological polar surface area (TPSA) is 46.5 Å². The highest BCUT2D eigenvalue weighted by molar-refractivity contribution is 6.08. The summed E-state index contributed by atoms with van der Waals surface area (Å²) in [4.78, 5) is 12.1. The molecule has 2 rings (SSSR count). The Kier molecular flexibility index (Phi) is 6.18. The van der Waals surface area contributed by atoms with Gasteiger partial charge in [0, 0.05) is 6.07 Å². The highest BCUT2D eigenvalue weighted by Gasteiger charge is 2.09. The van der Waals surface area contributed by atoms with Crippen molar-refractivity contribution in [1.82, 2.24) is 0 Å². The number of benzene rings is 2. The number of aromatic hydroxyl groups is 1. The third-order valence-corrected chi connectivity index (χ3v) is 3.22. The van der Waals surface area contributed by atoms with Gasteiger partial charge >= 0.3 is 0 Å². The number of carbonyl (C=O) groups is 1. The van der Waals surface area contributed by atoms with Crippen molar-refractivity contribution in [2.75, 3.05) is 0 Å². The van der Waals surface area contributed by atoms with Crippen LogP contribution in [0, 0.1) is 0 Å². The molecule has 0 atom stereocenters. The lowest BCUT2D eigenvalue weighted by Crippen LogP contribution is -1.95. The number of carbonyl (C=O) groups excluding carboxylic acids is 1. The number of rotatable bonds is 7. The van der Waals surface area contributed by atoms with Gasteiger partial charge in [0.15, 0.2) is 5.78 Å². The second kappa shape index (κ2) is 8.59. The standard InChI is InChI=1S/C20H20O3/c1-2-3-7-14-23-17-11-12-18(20(22)15-17)19(21)13-10-16-8-5-4-6-9-16/h4-15,22H,2-3H2,1H3/b13-10+,14-7?. The van der Waals surface area contributed by atoms with Crippen molar-refractivity contribution in [3.05, 3.63) is 78.1 Å². The lowest BCUT2D eigenvalue weighted by atomic mass is 10.1. The van der Waals surface area contributed by atoms with Gasteiger partial charge in [-0.05, 0) is 36.3 Å². The molecule has 118 valence electrons. The highest BCUT2D eigenvalue weighted by atomic mass is 16.5. The molecule has 3 heteroatoms. The molecule has 0 aromatic heterocycles. The van der Waals surface area contributed by atoms with E-state index < -0.39 is 0 Å². The molecular formula is C20H20O3. The fraction of sp³-hybridized carbons (Fsp3) is 0.150. The Labute approximate surface area is 136 Å². The quantitative estimate of drug-likeness (QED) is 0.446. The molecule has 23 heavy (non-hydrogen) atoms. The van der Waals surface area contributed by atoms with Gasteiger partial charge in [0.2, 0.25) is 0 Å². The zero-order chi connectivity index (χ0) is 16.5. The van der Waals surface area contributed by atoms with Crippen molar-refractivity contribution in [1.29, 1.82) is 0 Å². The number of phenols is 1. The van der Waals surface area contributed by atoms with E-state index in [0.29, 0.717) is 5.75 Å². The van der Waals surface area contributed by atoms with Crippen LogP contribution in [0.5, 0.6) is 11.5 Å². The Morgan fingerprint density at radius 1 is 1.17 bits per heavy atom. The Morgan fingerprint density at radius 2 is 1.96 bits per heavy atom. The van der Waals surface area contributed by atoms with E-state index in [9.17, 15) is 9.90 Å². The number of ketones is 1. The zero-order valence-electron chi connectivity index (χ0n) is 13.1. The van der Waals surface area contributed by atoms with Crippen molar-refractivity contribution in [3.8, 4) is 11.5 Å². The molecular weight excluding hydrogens is 288 g/mol. The van der Waals surface area contributed by atoms with E-state index in [2.05, 4.69) is 6.92 Å². The summed E-state index contributed by atoms with van der Waals surface area (Å²) in [7, 11) is 0. The van der Waals surface area contributed by atoms with Gasteiger partial charge in [0.05, 0.1) is 11.8 Å². The molecule has 3 nitrogen and oxygen atoms in total. The fourth-order valence-corrected chi connectivity index (χ4v) is 1.98. The first kappa shape index (κ1) is 16.6. The summed E-state index contributed by atoms with van der Waals surface area (Å²) >= 11 is 0. The van der Waals surface area contributed by atoms with Gasteiger partial charge < -0.3 is 9.84 Å². The average Bonchev–Trinajstić information content (AvgIpc) is 2.58. The second-order valence-electron chi connectivity index (χ2n) is 5.07. The molecule has 0 aliphatic heterocycles. The number of hydrogen-bond donors (Lipinski definition) is 1. The molecule has 0 aliphatic rings. The minimum absolute atomic E-state index is 0.0888. The maximum absolute atomic E-state index is 12.1. The van der Waals surface area contributed by atoms with E-state index in [-0.39, 0.29) is 17.1 Å². The first-order valence-electron chi connectivity index (χ1n) is 7.63. The van der Waals surface area contributed by atoms with Crippen LogP contribution < -0.4 is 4.74 Å². The van der Waals surface area contributed by atoms with Gasteiger partial charge in [-0.25, -0.2) is 0 Å². The molecule has 2 aromatic rings. The maximum Gasteiger partial charge on any atom is 0.189 e. The van der Waals surface area contributed by atoms with Gasteiger partial charge in [-0.15, -0.1) is 0 Å². The Bertz CT molecular complexity index is 700. The monoisotopic (exact) mass is 308 g/mol. The molecule has 0 amide bonds. The van der Waals surface area contributed by atoms with Crippen LogP contribution in [-0.2, 0) is 0 Å². The van der Waals surface area contributed by atoms with Gasteiger partial charge in [-0.1, -0.05) is 49.8 Å². The molecule has 0 saturated heterocycles. The third-order valence-electron chi connectivity index (χ3n) is 3.22. The highest BCUT2D eigenvalue weighted by Crippen LogP contribution is 2.24. The first-order valence-corrected chi connectivity index (χ1v) is 7.63. The van der Waals surface area contributed by atoms with E-state index in [0.717, 1.165) is 18.4 Å². The van der Waals surface area contributed by atoms with Crippen LogP contribution in [0.4, 0.5) is 0 Å². The first-order chi connectivity index (χ1) is 11.2. The van der Waals surface area contributed by atoms with Crippen LogP contribution in [0.3, 0.4) is 0 Å². The lowest BCUT2D eigenvalue weighted by Gasteiger charge is -2.04. The summed E-state index contributed by atoms with van der Waals surface area (Å²) in [5.41, 5.74) is 1.18. The molecule has 0 fully saturated rings. The van der Waals surface area contributed by atoms with Gasteiger partial charge in [0.1, 0.15) is 11.5 Å². The van der Waals surface area contributed by atoms with E-state index >= 15 is 0 Å². The summed E-state index contributed by atoms with van der Waals surface area (Å²) in [6.07, 6.45) is 8.67. The van der Waals surface area contributed by atoms with Crippen LogP contribution in [0.15, 0.2) is 66.9 Å². The van der Waals surface area contributed by atoms with Gasteiger partial charge in [-0.2, -0.15) is 0 Å². The SMILES string of the molecule is CCCC=COc1ccc(C(=O)/C=C/c2ccccc2)c(O)c1. The average molecular weight is 308 g/mol. The van der Waals surface area contributed by atoms with Crippen LogP contribution >= 0.6 is 0 Å². The largest absolute Gasteiger partial charge is 0.507 e. The second-order valence-corrected chi connectivity index (χ2v) is 5.07. The Hall–Kier alpha value is -2.81. The van der Waals surface area contributed by atoms with E-state index in [1.54, 1.807) is 24.5 Å². The van der Waals surface area contributed by atoms with Crippen molar-refractivity contribution in [3.63, 3.8) is 0 Å². The number of unbranched alkanes of at least 4 members (excludes halogenated alkanes) is 1. The van der Waals surface area contributed by atoms with Gasteiger partial charge in [0.25, 0.3) is 0 Å². The van der Waals surface area contributed by atoms with E-state index in [1.165, 1.54) is 12.1 Å². The Morgan fingerprint density at radius 3 is 2.65 bits per heavy atom. The van der Waals surface area contributed by atoms with Crippen LogP contribution in [-0.4, -0.2) is 10.9 Å². The normalized spacial score (nSPS) is 11.2. The van der Waals surface area contributed by atoms with E-state index in [1.807, 2.05) is 36.4 Å². The summed E-state index contributed by atoms with van der Waals surface area (Å²) in [5.74, 6) is 0.159. The summed E-state index contributed by atoms with van der Waals surface area (Å²) in [6.45, 7) is 2.08.